The number of alkyl halides is 2. The summed E-state index contributed by atoms with van der Waals surface area (Å²) >= 11 is 0. The molecule has 108 valence electrons. The number of fused-ring (bicyclic) bond motifs is 1. The first kappa shape index (κ1) is 14.4. The predicted molar refractivity (Wildman–Crippen MR) is 71.8 cm³/mol. The number of ether oxygens (including phenoxy) is 2. The number of nitrogens with zero attached hydrogens (tertiary/aromatic N) is 1. The molecule has 0 fully saturated rings. The van der Waals surface area contributed by atoms with Crippen LogP contribution in [0.25, 0.3) is 10.9 Å². The number of hydrogen-bond acceptors (Lipinski definition) is 5. The number of rotatable bonds is 6. The van der Waals surface area contributed by atoms with Crippen LogP contribution in [0.3, 0.4) is 0 Å². The Morgan fingerprint density at radius 2 is 2.15 bits per heavy atom. The number of benzene rings is 1. The number of nitrogens with two attached hydrogens (primary N) is 1. The van der Waals surface area contributed by atoms with E-state index in [4.69, 9.17) is 15.3 Å². The molecule has 0 radical (unpaired) electrons. The first-order chi connectivity index (χ1) is 9.63. The fourth-order valence-corrected chi connectivity index (χ4v) is 1.81. The first-order valence-electron chi connectivity index (χ1n) is 5.94. The van der Waals surface area contributed by atoms with E-state index in [1.807, 2.05) is 6.07 Å². The summed E-state index contributed by atoms with van der Waals surface area (Å²) in [5.41, 5.74) is 3.75. The smallest absolute Gasteiger partial charge is 0.261 e. The Balaban J connectivity index is 2.29. The van der Waals surface area contributed by atoms with Gasteiger partial charge in [0.2, 0.25) is 0 Å². The van der Waals surface area contributed by atoms with Crippen molar-refractivity contribution < 1.29 is 18.3 Å². The number of pyridine rings is 1. The minimum atomic E-state index is -2.50. The Morgan fingerprint density at radius 1 is 1.35 bits per heavy atom. The third-order valence-corrected chi connectivity index (χ3v) is 2.74. The van der Waals surface area contributed by atoms with Crippen LogP contribution in [0.2, 0.25) is 0 Å². The van der Waals surface area contributed by atoms with E-state index in [0.717, 1.165) is 5.39 Å². The molecule has 0 aliphatic rings. The van der Waals surface area contributed by atoms with Crippen molar-refractivity contribution in [3.63, 3.8) is 0 Å². The van der Waals surface area contributed by atoms with Crippen LogP contribution in [0.15, 0.2) is 24.3 Å². The zero-order valence-corrected chi connectivity index (χ0v) is 10.9. The van der Waals surface area contributed by atoms with Gasteiger partial charge in [0.1, 0.15) is 18.2 Å². The average molecular weight is 283 g/mol. The normalized spacial score (nSPS) is 11.1. The van der Waals surface area contributed by atoms with E-state index in [1.54, 1.807) is 25.3 Å². The molecule has 1 aromatic carbocycles. The minimum absolute atomic E-state index is 0.0127. The van der Waals surface area contributed by atoms with Gasteiger partial charge in [-0.1, -0.05) is 0 Å². The van der Waals surface area contributed by atoms with Gasteiger partial charge in [-0.3, -0.25) is 0 Å². The molecular formula is C13H15F2N3O2. The highest BCUT2D eigenvalue weighted by molar-refractivity contribution is 5.83. The molecule has 7 heteroatoms. The molecule has 2 rings (SSSR count). The quantitative estimate of drug-likeness (QED) is 0.629. The van der Waals surface area contributed by atoms with Gasteiger partial charge in [-0.25, -0.2) is 19.6 Å². The van der Waals surface area contributed by atoms with Crippen LogP contribution < -0.4 is 16.0 Å². The molecule has 0 amide bonds. The highest BCUT2D eigenvalue weighted by atomic mass is 19.3. The van der Waals surface area contributed by atoms with Gasteiger partial charge in [-0.05, 0) is 18.2 Å². The zero-order chi connectivity index (χ0) is 14.5. The number of hydrogen-bond donors (Lipinski definition) is 2. The summed E-state index contributed by atoms with van der Waals surface area (Å²) in [6.07, 6.45) is -2.50. The van der Waals surface area contributed by atoms with Crippen LogP contribution in [0.4, 0.5) is 14.6 Å². The Hall–Kier alpha value is -1.99. The van der Waals surface area contributed by atoms with E-state index in [1.165, 1.54) is 0 Å². The second-order valence-corrected chi connectivity index (χ2v) is 4.11. The fraction of sp³-hybridized carbons (Fsp3) is 0.308. The molecule has 0 saturated carbocycles. The number of aromatic nitrogens is 1. The van der Waals surface area contributed by atoms with Crippen LogP contribution in [0.5, 0.6) is 5.75 Å². The summed E-state index contributed by atoms with van der Waals surface area (Å²) in [4.78, 5) is 4.32. The SMILES string of the molecule is COc1ccc2cc(COCC(F)F)c(NN)nc2c1. The number of anilines is 1. The van der Waals surface area contributed by atoms with E-state index in [9.17, 15) is 8.78 Å². The molecule has 0 saturated heterocycles. The zero-order valence-electron chi connectivity index (χ0n) is 10.9. The van der Waals surface area contributed by atoms with E-state index in [0.29, 0.717) is 22.6 Å². The fourth-order valence-electron chi connectivity index (χ4n) is 1.81. The molecule has 20 heavy (non-hydrogen) atoms. The van der Waals surface area contributed by atoms with Gasteiger partial charge in [0.15, 0.2) is 0 Å². The van der Waals surface area contributed by atoms with E-state index in [2.05, 4.69) is 10.4 Å². The molecule has 5 nitrogen and oxygen atoms in total. The van der Waals surface area contributed by atoms with Gasteiger partial charge in [0.25, 0.3) is 6.43 Å². The summed E-state index contributed by atoms with van der Waals surface area (Å²) in [7, 11) is 1.57. The van der Waals surface area contributed by atoms with Crippen LogP contribution in [-0.2, 0) is 11.3 Å². The van der Waals surface area contributed by atoms with Gasteiger partial charge in [-0.2, -0.15) is 0 Å². The molecule has 1 aromatic heterocycles. The second kappa shape index (κ2) is 6.44. The Bertz CT molecular complexity index is 593. The molecule has 0 spiro atoms. The molecule has 0 bridgehead atoms. The third kappa shape index (κ3) is 3.31. The number of halogens is 2. The largest absolute Gasteiger partial charge is 0.497 e. The van der Waals surface area contributed by atoms with Crippen molar-refractivity contribution in [1.29, 1.82) is 0 Å². The van der Waals surface area contributed by atoms with Crippen molar-refractivity contribution in [2.75, 3.05) is 19.1 Å². The molecular weight excluding hydrogens is 268 g/mol. The maximum Gasteiger partial charge on any atom is 0.261 e. The Labute approximate surface area is 114 Å². The Morgan fingerprint density at radius 3 is 2.80 bits per heavy atom. The molecule has 2 aromatic rings. The summed E-state index contributed by atoms with van der Waals surface area (Å²) in [6, 6.07) is 7.18. The second-order valence-electron chi connectivity index (χ2n) is 4.11. The maximum atomic E-state index is 12.1. The molecule has 0 aliphatic heterocycles. The number of hydrazine groups is 1. The standard InChI is InChI=1S/C13H15F2N3O2/c1-19-10-3-2-8-4-9(6-20-7-12(14)15)13(18-16)17-11(8)5-10/h2-5,12H,6-7,16H2,1H3,(H,17,18). The van der Waals surface area contributed by atoms with Crippen LogP contribution in [0.1, 0.15) is 5.56 Å². The minimum Gasteiger partial charge on any atom is -0.497 e. The number of nitrogen functional groups attached to an aromatic ring is 1. The average Bonchev–Trinajstić information content (AvgIpc) is 2.45. The van der Waals surface area contributed by atoms with E-state index in [-0.39, 0.29) is 6.61 Å². The third-order valence-electron chi connectivity index (χ3n) is 2.74. The van der Waals surface area contributed by atoms with Crippen molar-refractivity contribution in [3.8, 4) is 5.75 Å². The highest BCUT2D eigenvalue weighted by Gasteiger charge is 2.09. The van der Waals surface area contributed by atoms with Crippen molar-refractivity contribution in [1.82, 2.24) is 4.98 Å². The van der Waals surface area contributed by atoms with Crippen molar-refractivity contribution in [3.05, 3.63) is 29.8 Å². The van der Waals surface area contributed by atoms with Gasteiger partial charge in [0, 0.05) is 17.0 Å². The molecule has 0 atom stereocenters. The van der Waals surface area contributed by atoms with Gasteiger partial charge >= 0.3 is 0 Å². The Kier molecular flexibility index (Phi) is 4.65. The summed E-state index contributed by atoms with van der Waals surface area (Å²) in [6.45, 7) is -0.608. The van der Waals surface area contributed by atoms with E-state index < -0.39 is 13.0 Å². The van der Waals surface area contributed by atoms with E-state index >= 15 is 0 Å². The van der Waals surface area contributed by atoms with Crippen LogP contribution >= 0.6 is 0 Å². The number of nitrogens with one attached hydrogen (secondary N) is 1. The predicted octanol–water partition coefficient (Wildman–Crippen LogP) is 2.31. The first-order valence-corrected chi connectivity index (χ1v) is 5.94. The lowest BCUT2D eigenvalue weighted by molar-refractivity contribution is 0.0100. The lowest BCUT2D eigenvalue weighted by atomic mass is 10.1. The van der Waals surface area contributed by atoms with Crippen molar-refractivity contribution >= 4 is 16.7 Å². The highest BCUT2D eigenvalue weighted by Crippen LogP contribution is 2.24. The lowest BCUT2D eigenvalue weighted by Gasteiger charge is -2.11. The van der Waals surface area contributed by atoms with Crippen LogP contribution in [0, 0.1) is 0 Å². The molecule has 1 heterocycles. The summed E-state index contributed by atoms with van der Waals surface area (Å²) in [5.74, 6) is 6.46. The van der Waals surface area contributed by atoms with Crippen molar-refractivity contribution in [2.24, 2.45) is 5.84 Å². The summed E-state index contributed by atoms with van der Waals surface area (Å²) in [5, 5.41) is 0.848. The van der Waals surface area contributed by atoms with Crippen LogP contribution in [-0.4, -0.2) is 25.1 Å². The van der Waals surface area contributed by atoms with Crippen molar-refractivity contribution in [2.45, 2.75) is 13.0 Å². The van der Waals surface area contributed by atoms with Gasteiger partial charge in [0.05, 0.1) is 19.2 Å². The monoisotopic (exact) mass is 283 g/mol. The molecule has 0 unspecified atom stereocenters. The molecule has 3 N–H and O–H groups in total. The maximum absolute atomic E-state index is 12.1. The molecule has 0 aliphatic carbocycles. The lowest BCUT2D eigenvalue weighted by Crippen LogP contribution is -2.13. The van der Waals surface area contributed by atoms with Gasteiger partial charge < -0.3 is 14.9 Å². The van der Waals surface area contributed by atoms with Gasteiger partial charge in [-0.15, -0.1) is 0 Å². The topological polar surface area (TPSA) is 69.4 Å². The summed E-state index contributed by atoms with van der Waals surface area (Å²) < 4.78 is 34.1. The number of methoxy groups -OCH3 is 1.